The molecule has 5 nitrogen and oxygen atoms in total. The van der Waals surface area contributed by atoms with E-state index >= 15 is 0 Å². The maximum atomic E-state index is 5.88. The molecule has 1 aliphatic heterocycles. The summed E-state index contributed by atoms with van der Waals surface area (Å²) < 4.78 is 8.18. The molecule has 146 valence electrons. The monoisotopic (exact) mass is 376 g/mol. The van der Waals surface area contributed by atoms with Gasteiger partial charge in [0, 0.05) is 19.5 Å². The molecule has 3 aromatic rings. The number of nitrogens with one attached hydrogen (secondary N) is 1. The Hall–Kier alpha value is -2.66. The van der Waals surface area contributed by atoms with E-state index in [1.165, 1.54) is 36.0 Å². The average molecular weight is 377 g/mol. The van der Waals surface area contributed by atoms with Crippen LogP contribution >= 0.6 is 0 Å². The number of nitrogens with zero attached hydrogens (tertiary/aromatic N) is 3. The molecule has 0 atom stereocenters. The van der Waals surface area contributed by atoms with Crippen LogP contribution in [-0.2, 0) is 32.7 Å². The molecule has 1 aliphatic rings. The molecule has 1 N–H and O–H groups in total. The highest BCUT2D eigenvalue weighted by Gasteiger charge is 2.14. The molecule has 0 aliphatic carbocycles. The van der Waals surface area contributed by atoms with Crippen molar-refractivity contribution in [1.82, 2.24) is 20.1 Å². The van der Waals surface area contributed by atoms with Gasteiger partial charge in [0.05, 0.1) is 6.54 Å². The Labute approximate surface area is 166 Å². The van der Waals surface area contributed by atoms with E-state index in [1.54, 1.807) is 0 Å². The number of rotatable bonds is 7. The molecule has 5 heteroatoms. The van der Waals surface area contributed by atoms with E-state index < -0.39 is 0 Å². The Kier molecular flexibility index (Phi) is 6.02. The molecule has 1 aromatic heterocycles. The van der Waals surface area contributed by atoms with Crippen molar-refractivity contribution in [3.05, 3.63) is 76.9 Å². The molecule has 0 saturated heterocycles. The Morgan fingerprint density at radius 3 is 2.50 bits per heavy atom. The lowest BCUT2D eigenvalue weighted by atomic mass is 10.2. The van der Waals surface area contributed by atoms with E-state index in [4.69, 9.17) is 4.74 Å². The van der Waals surface area contributed by atoms with Gasteiger partial charge in [-0.2, -0.15) is 0 Å². The van der Waals surface area contributed by atoms with Crippen molar-refractivity contribution in [2.75, 3.05) is 0 Å². The normalized spacial score (nSPS) is 13.8. The van der Waals surface area contributed by atoms with E-state index in [2.05, 4.69) is 63.4 Å². The summed E-state index contributed by atoms with van der Waals surface area (Å²) >= 11 is 0. The first-order valence-electron chi connectivity index (χ1n) is 10.2. The smallest absolute Gasteiger partial charge is 0.147 e. The molecule has 0 radical (unpaired) electrons. The minimum atomic E-state index is 0.593. The summed E-state index contributed by atoms with van der Waals surface area (Å²) in [5.74, 6) is 3.09. The van der Waals surface area contributed by atoms with Crippen LogP contribution in [0.3, 0.4) is 0 Å². The average Bonchev–Trinajstić information content (AvgIpc) is 2.95. The van der Waals surface area contributed by atoms with Crippen LogP contribution in [0.15, 0.2) is 48.5 Å². The van der Waals surface area contributed by atoms with Gasteiger partial charge in [-0.15, -0.1) is 10.2 Å². The van der Waals surface area contributed by atoms with E-state index in [1.807, 2.05) is 12.1 Å². The first kappa shape index (κ1) is 18.7. The molecule has 0 unspecified atom stereocenters. The first-order valence-corrected chi connectivity index (χ1v) is 10.2. The van der Waals surface area contributed by atoms with Crippen molar-refractivity contribution < 1.29 is 4.74 Å². The summed E-state index contributed by atoms with van der Waals surface area (Å²) in [6.45, 7) is 5.29. The van der Waals surface area contributed by atoms with Crippen molar-refractivity contribution in [2.24, 2.45) is 0 Å². The zero-order valence-electron chi connectivity index (χ0n) is 16.5. The lowest BCUT2D eigenvalue weighted by molar-refractivity contribution is 0.306. The van der Waals surface area contributed by atoms with Crippen LogP contribution in [0.4, 0.5) is 0 Å². The maximum Gasteiger partial charge on any atom is 0.147 e. The summed E-state index contributed by atoms with van der Waals surface area (Å²) in [4.78, 5) is 0. The van der Waals surface area contributed by atoms with Crippen molar-refractivity contribution in [1.29, 1.82) is 0 Å². The largest absolute Gasteiger partial charge is 0.489 e. The standard InChI is InChI=1S/C23H28N4O/c1-18-6-8-20(9-7-18)17-28-21-12-10-19(11-13-21)15-24-16-23-26-25-22-5-3-2-4-14-27(22)23/h6-13,24H,2-5,14-17H2,1H3. The minimum absolute atomic E-state index is 0.593. The van der Waals surface area contributed by atoms with E-state index in [0.29, 0.717) is 6.61 Å². The lowest BCUT2D eigenvalue weighted by Gasteiger charge is -2.09. The second kappa shape index (κ2) is 9.02. The van der Waals surface area contributed by atoms with Gasteiger partial charge in [-0.1, -0.05) is 48.4 Å². The fourth-order valence-electron chi connectivity index (χ4n) is 3.55. The summed E-state index contributed by atoms with van der Waals surface area (Å²) in [7, 11) is 0. The highest BCUT2D eigenvalue weighted by molar-refractivity contribution is 5.28. The fraction of sp³-hybridized carbons (Fsp3) is 0.391. The molecule has 2 aromatic carbocycles. The van der Waals surface area contributed by atoms with Crippen molar-refractivity contribution >= 4 is 0 Å². The molecule has 0 saturated carbocycles. The van der Waals surface area contributed by atoms with Crippen molar-refractivity contribution in [3.63, 3.8) is 0 Å². The molecular formula is C23H28N4O. The van der Waals surface area contributed by atoms with Gasteiger partial charge in [-0.05, 0) is 43.0 Å². The van der Waals surface area contributed by atoms with E-state index in [9.17, 15) is 0 Å². The molecule has 0 fully saturated rings. The molecule has 0 spiro atoms. The van der Waals surface area contributed by atoms with Crippen molar-refractivity contribution in [3.8, 4) is 5.75 Å². The Bertz CT molecular complexity index is 884. The van der Waals surface area contributed by atoms with Gasteiger partial charge in [0.1, 0.15) is 24.0 Å². The molecule has 2 heterocycles. The van der Waals surface area contributed by atoms with Crippen molar-refractivity contribution in [2.45, 2.75) is 58.8 Å². The van der Waals surface area contributed by atoms with Gasteiger partial charge in [-0.3, -0.25) is 0 Å². The number of aromatic nitrogens is 3. The summed E-state index contributed by atoms with van der Waals surface area (Å²) in [5, 5.41) is 12.2. The predicted molar refractivity (Wildman–Crippen MR) is 110 cm³/mol. The second-order valence-corrected chi connectivity index (χ2v) is 7.52. The highest BCUT2D eigenvalue weighted by atomic mass is 16.5. The summed E-state index contributed by atoms with van der Waals surface area (Å²) in [6.07, 6.45) is 4.79. The number of benzene rings is 2. The Morgan fingerprint density at radius 1 is 0.893 bits per heavy atom. The molecule has 0 bridgehead atoms. The van der Waals surface area contributed by atoms with Gasteiger partial charge in [0.15, 0.2) is 0 Å². The predicted octanol–water partition coefficient (Wildman–Crippen LogP) is 4.18. The molecule has 4 rings (SSSR count). The van der Waals surface area contributed by atoms with Crippen LogP contribution in [0.1, 0.15) is 47.6 Å². The minimum Gasteiger partial charge on any atom is -0.489 e. The van der Waals surface area contributed by atoms with Crippen LogP contribution in [0.5, 0.6) is 5.75 Å². The van der Waals surface area contributed by atoms with Crippen LogP contribution in [0.25, 0.3) is 0 Å². The zero-order valence-corrected chi connectivity index (χ0v) is 16.5. The Morgan fingerprint density at radius 2 is 1.68 bits per heavy atom. The number of fused-ring (bicyclic) bond motifs is 1. The number of ether oxygens (including phenoxy) is 1. The molecule has 28 heavy (non-hydrogen) atoms. The third-order valence-corrected chi connectivity index (χ3v) is 5.25. The van der Waals surface area contributed by atoms with Gasteiger partial charge in [-0.25, -0.2) is 0 Å². The highest BCUT2D eigenvalue weighted by Crippen LogP contribution is 2.16. The second-order valence-electron chi connectivity index (χ2n) is 7.52. The van der Waals surface area contributed by atoms with Crippen LogP contribution in [-0.4, -0.2) is 14.8 Å². The van der Waals surface area contributed by atoms with Crippen LogP contribution < -0.4 is 10.1 Å². The van der Waals surface area contributed by atoms with E-state index in [-0.39, 0.29) is 0 Å². The first-order chi connectivity index (χ1) is 13.8. The number of aryl methyl sites for hydroxylation is 2. The topological polar surface area (TPSA) is 52.0 Å². The van der Waals surface area contributed by atoms with Crippen LogP contribution in [0.2, 0.25) is 0 Å². The fourth-order valence-corrected chi connectivity index (χ4v) is 3.55. The maximum absolute atomic E-state index is 5.88. The van der Waals surface area contributed by atoms with Crippen LogP contribution in [0, 0.1) is 6.92 Å². The van der Waals surface area contributed by atoms with E-state index in [0.717, 1.165) is 43.5 Å². The molecule has 0 amide bonds. The zero-order chi connectivity index (χ0) is 19.2. The third-order valence-electron chi connectivity index (χ3n) is 5.25. The van der Waals surface area contributed by atoms with Gasteiger partial charge >= 0.3 is 0 Å². The quantitative estimate of drug-likeness (QED) is 0.672. The number of hydrogen-bond acceptors (Lipinski definition) is 4. The third kappa shape index (κ3) is 4.78. The number of hydrogen-bond donors (Lipinski definition) is 1. The van der Waals surface area contributed by atoms with Gasteiger partial charge < -0.3 is 14.6 Å². The summed E-state index contributed by atoms with van der Waals surface area (Å²) in [6, 6.07) is 16.7. The SMILES string of the molecule is Cc1ccc(COc2ccc(CNCc3nnc4n3CCCCC4)cc2)cc1. The van der Waals surface area contributed by atoms with Gasteiger partial charge in [0.2, 0.25) is 0 Å². The Balaban J connectivity index is 1.26. The summed E-state index contributed by atoms with van der Waals surface area (Å²) in [5.41, 5.74) is 3.69. The van der Waals surface area contributed by atoms with Gasteiger partial charge in [0.25, 0.3) is 0 Å². The lowest BCUT2D eigenvalue weighted by Crippen LogP contribution is -2.17. The molecular weight excluding hydrogens is 348 g/mol.